The first-order chi connectivity index (χ1) is 10.8. The van der Waals surface area contributed by atoms with Crippen LogP contribution in [0.5, 0.6) is 11.5 Å². The second kappa shape index (κ2) is 6.77. The number of hydrogen-bond donors (Lipinski definition) is 1. The van der Waals surface area contributed by atoms with Crippen LogP contribution >= 0.6 is 11.6 Å². The van der Waals surface area contributed by atoms with Gasteiger partial charge in [0.1, 0.15) is 21.5 Å². The number of aryl methyl sites for hydroxylation is 2. The number of rotatable bonds is 6. The van der Waals surface area contributed by atoms with Gasteiger partial charge >= 0.3 is 0 Å². The molecule has 2 rings (SSSR count). The van der Waals surface area contributed by atoms with Crippen LogP contribution in [0.4, 0.5) is 0 Å². The van der Waals surface area contributed by atoms with Crippen LogP contribution in [-0.4, -0.2) is 32.4 Å². The van der Waals surface area contributed by atoms with Gasteiger partial charge in [0, 0.05) is 19.7 Å². The first-order valence-corrected chi connectivity index (χ1v) is 8.55. The van der Waals surface area contributed by atoms with Crippen LogP contribution in [0.2, 0.25) is 5.15 Å². The highest BCUT2D eigenvalue weighted by Gasteiger charge is 2.24. The quantitative estimate of drug-likeness (QED) is 0.851. The minimum Gasteiger partial charge on any atom is -0.497 e. The molecule has 0 saturated heterocycles. The van der Waals surface area contributed by atoms with Crippen molar-refractivity contribution >= 4 is 21.6 Å². The van der Waals surface area contributed by atoms with Crippen molar-refractivity contribution in [1.82, 2.24) is 14.5 Å². The Morgan fingerprint density at radius 1 is 1.22 bits per heavy atom. The Balaban J connectivity index is 2.26. The van der Waals surface area contributed by atoms with Gasteiger partial charge in [-0.3, -0.25) is 4.68 Å². The molecule has 1 aromatic carbocycles. The monoisotopic (exact) mass is 359 g/mol. The molecular weight excluding hydrogens is 342 g/mol. The molecule has 9 heteroatoms. The lowest BCUT2D eigenvalue weighted by Gasteiger charge is -2.10. The zero-order valence-electron chi connectivity index (χ0n) is 13.3. The molecule has 126 valence electrons. The average molecular weight is 360 g/mol. The van der Waals surface area contributed by atoms with E-state index in [1.807, 2.05) is 0 Å². The van der Waals surface area contributed by atoms with Crippen LogP contribution in [0, 0.1) is 6.92 Å². The molecule has 0 amide bonds. The van der Waals surface area contributed by atoms with Crippen molar-refractivity contribution in [3.63, 3.8) is 0 Å². The Kier molecular flexibility index (Phi) is 5.18. The van der Waals surface area contributed by atoms with E-state index in [0.717, 1.165) is 0 Å². The molecule has 0 spiro atoms. The SMILES string of the molecule is COc1cc(CNS(=O)(=O)c2c(C)nn(C)c2Cl)cc(OC)c1. The normalized spacial score (nSPS) is 11.5. The van der Waals surface area contributed by atoms with Gasteiger partial charge in [-0.05, 0) is 24.6 Å². The third-order valence-corrected chi connectivity index (χ3v) is 5.34. The molecular formula is C14H18ClN3O4S. The van der Waals surface area contributed by atoms with Gasteiger partial charge in [-0.2, -0.15) is 5.10 Å². The highest BCUT2D eigenvalue weighted by molar-refractivity contribution is 7.89. The zero-order chi connectivity index (χ0) is 17.2. The summed E-state index contributed by atoms with van der Waals surface area (Å²) < 4.78 is 39.1. The highest BCUT2D eigenvalue weighted by atomic mass is 35.5. The van der Waals surface area contributed by atoms with Gasteiger partial charge in [0.05, 0.1) is 19.9 Å². The molecule has 7 nitrogen and oxygen atoms in total. The Morgan fingerprint density at radius 2 is 1.78 bits per heavy atom. The second-order valence-corrected chi connectivity index (χ2v) is 6.94. The minimum absolute atomic E-state index is 0.0171. The fraction of sp³-hybridized carbons (Fsp3) is 0.357. The standard InChI is InChI=1S/C14H18ClN3O4S/c1-9-13(14(15)18(2)17-9)23(19,20)16-8-10-5-11(21-3)7-12(6-10)22-4/h5-7,16H,8H2,1-4H3. The van der Waals surface area contributed by atoms with E-state index in [0.29, 0.717) is 22.8 Å². The largest absolute Gasteiger partial charge is 0.497 e. The summed E-state index contributed by atoms with van der Waals surface area (Å²) in [4.78, 5) is -0.0171. The molecule has 0 aliphatic rings. The molecule has 0 radical (unpaired) electrons. The number of nitrogens with one attached hydrogen (secondary N) is 1. The summed E-state index contributed by atoms with van der Waals surface area (Å²) >= 11 is 6.02. The highest BCUT2D eigenvalue weighted by Crippen LogP contribution is 2.25. The predicted molar refractivity (Wildman–Crippen MR) is 86.5 cm³/mol. The molecule has 0 atom stereocenters. The Labute approximate surface area is 140 Å². The molecule has 1 heterocycles. The van der Waals surface area contributed by atoms with Crippen LogP contribution in [-0.2, 0) is 23.6 Å². The fourth-order valence-electron chi connectivity index (χ4n) is 2.13. The van der Waals surface area contributed by atoms with Crippen LogP contribution < -0.4 is 14.2 Å². The van der Waals surface area contributed by atoms with E-state index in [9.17, 15) is 8.42 Å². The number of halogens is 1. The van der Waals surface area contributed by atoms with Gasteiger partial charge < -0.3 is 9.47 Å². The van der Waals surface area contributed by atoms with Crippen molar-refractivity contribution in [3.8, 4) is 11.5 Å². The maximum absolute atomic E-state index is 12.5. The summed E-state index contributed by atoms with van der Waals surface area (Å²) in [5.41, 5.74) is 1.04. The number of methoxy groups -OCH3 is 2. The Hall–Kier alpha value is -1.77. The Bertz CT molecular complexity index is 795. The number of sulfonamides is 1. The van der Waals surface area contributed by atoms with Crippen molar-refractivity contribution in [2.45, 2.75) is 18.4 Å². The van der Waals surface area contributed by atoms with E-state index in [1.165, 1.54) is 18.9 Å². The lowest BCUT2D eigenvalue weighted by atomic mass is 10.2. The van der Waals surface area contributed by atoms with Gasteiger partial charge in [-0.25, -0.2) is 13.1 Å². The number of aromatic nitrogens is 2. The van der Waals surface area contributed by atoms with E-state index in [-0.39, 0.29) is 16.6 Å². The second-order valence-electron chi connectivity index (χ2n) is 4.87. The third kappa shape index (κ3) is 3.77. The number of benzene rings is 1. The molecule has 1 N–H and O–H groups in total. The summed E-state index contributed by atoms with van der Waals surface area (Å²) in [5.74, 6) is 1.16. The predicted octanol–water partition coefficient (Wildman–Crippen LogP) is 1.88. The van der Waals surface area contributed by atoms with Crippen molar-refractivity contribution in [2.75, 3.05) is 14.2 Å². The van der Waals surface area contributed by atoms with Crippen molar-refractivity contribution < 1.29 is 17.9 Å². The van der Waals surface area contributed by atoms with Gasteiger partial charge in [-0.1, -0.05) is 11.6 Å². The first-order valence-electron chi connectivity index (χ1n) is 6.69. The number of ether oxygens (including phenoxy) is 2. The molecule has 2 aromatic rings. The van der Waals surface area contributed by atoms with Crippen molar-refractivity contribution in [2.24, 2.45) is 7.05 Å². The fourth-order valence-corrected chi connectivity index (χ4v) is 3.90. The van der Waals surface area contributed by atoms with Crippen LogP contribution in [0.15, 0.2) is 23.1 Å². The van der Waals surface area contributed by atoms with Crippen molar-refractivity contribution in [3.05, 3.63) is 34.6 Å². The summed E-state index contributed by atoms with van der Waals surface area (Å²) in [6, 6.07) is 5.16. The molecule has 0 bridgehead atoms. The lowest BCUT2D eigenvalue weighted by molar-refractivity contribution is 0.393. The molecule has 23 heavy (non-hydrogen) atoms. The number of nitrogens with zero attached hydrogens (tertiary/aromatic N) is 2. The van der Waals surface area contributed by atoms with E-state index < -0.39 is 10.0 Å². The summed E-state index contributed by atoms with van der Waals surface area (Å²) in [7, 11) is 0.858. The number of hydrogen-bond acceptors (Lipinski definition) is 5. The van der Waals surface area contributed by atoms with Crippen LogP contribution in [0.3, 0.4) is 0 Å². The smallest absolute Gasteiger partial charge is 0.245 e. The summed E-state index contributed by atoms with van der Waals surface area (Å²) in [5, 5.41) is 4.08. The van der Waals surface area contributed by atoms with Gasteiger partial charge in [0.2, 0.25) is 10.0 Å². The first kappa shape index (κ1) is 17.6. The van der Waals surface area contributed by atoms with E-state index >= 15 is 0 Å². The summed E-state index contributed by atoms with van der Waals surface area (Å²) in [6.07, 6.45) is 0. The third-order valence-electron chi connectivity index (χ3n) is 3.25. The molecule has 0 unspecified atom stereocenters. The average Bonchev–Trinajstić information content (AvgIpc) is 2.78. The maximum atomic E-state index is 12.5. The van der Waals surface area contributed by atoms with Crippen LogP contribution in [0.1, 0.15) is 11.3 Å². The minimum atomic E-state index is -3.79. The van der Waals surface area contributed by atoms with Gasteiger partial charge in [0.25, 0.3) is 0 Å². The zero-order valence-corrected chi connectivity index (χ0v) is 14.8. The molecule has 0 aliphatic heterocycles. The molecule has 0 fully saturated rings. The van der Waals surface area contributed by atoms with Crippen LogP contribution in [0.25, 0.3) is 0 Å². The van der Waals surface area contributed by atoms with Gasteiger partial charge in [0.15, 0.2) is 0 Å². The van der Waals surface area contributed by atoms with Gasteiger partial charge in [-0.15, -0.1) is 0 Å². The van der Waals surface area contributed by atoms with E-state index in [4.69, 9.17) is 21.1 Å². The van der Waals surface area contributed by atoms with Crippen molar-refractivity contribution in [1.29, 1.82) is 0 Å². The van der Waals surface area contributed by atoms with E-state index in [2.05, 4.69) is 9.82 Å². The Morgan fingerprint density at radius 3 is 2.22 bits per heavy atom. The maximum Gasteiger partial charge on any atom is 0.245 e. The molecule has 0 aliphatic carbocycles. The van der Waals surface area contributed by atoms with E-state index in [1.54, 1.807) is 32.2 Å². The topological polar surface area (TPSA) is 82.5 Å². The summed E-state index contributed by atoms with van der Waals surface area (Å²) in [6.45, 7) is 1.66. The molecule has 0 saturated carbocycles. The molecule has 1 aromatic heterocycles. The lowest BCUT2D eigenvalue weighted by Crippen LogP contribution is -2.24.